The van der Waals surface area contributed by atoms with Crippen molar-refractivity contribution in [3.63, 3.8) is 0 Å². The summed E-state index contributed by atoms with van der Waals surface area (Å²) in [5.74, 6) is 0.403. The van der Waals surface area contributed by atoms with Crippen molar-refractivity contribution in [3.8, 4) is 0 Å². The van der Waals surface area contributed by atoms with Gasteiger partial charge in [0.05, 0.1) is 6.20 Å². The molecule has 0 amide bonds. The summed E-state index contributed by atoms with van der Waals surface area (Å²) in [7, 11) is 0. The first-order chi connectivity index (χ1) is 3.80. The maximum Gasteiger partial charge on any atom is 0.299 e. The van der Waals surface area contributed by atoms with Crippen LogP contribution in [0.2, 0.25) is 0 Å². The van der Waals surface area contributed by atoms with E-state index in [-0.39, 0.29) is 0 Å². The Kier molecular flexibility index (Phi) is 1.26. The van der Waals surface area contributed by atoms with Gasteiger partial charge in [-0.25, -0.2) is 4.98 Å². The van der Waals surface area contributed by atoms with Crippen molar-refractivity contribution >= 4 is 18.6 Å². The minimum absolute atomic E-state index is 0.361. The predicted octanol–water partition coefficient (Wildman–Crippen LogP) is 0.887. The number of H-pyrrole nitrogens is 1. The average Bonchev–Trinajstić information content (AvgIpc) is 2.12. The van der Waals surface area contributed by atoms with E-state index in [0.29, 0.717) is 9.98 Å². The van der Waals surface area contributed by atoms with Crippen LogP contribution in [0.25, 0.3) is 0 Å². The van der Waals surface area contributed by atoms with Crippen LogP contribution in [0.3, 0.4) is 0 Å². The smallest absolute Gasteiger partial charge is 0.299 e. The molecule has 0 radical (unpaired) electrons. The molecule has 0 aliphatic rings. The van der Waals surface area contributed by atoms with Crippen LogP contribution in [0.5, 0.6) is 0 Å². The largest absolute Gasteiger partial charge is 0.503 e. The number of hydrogen-bond donors (Lipinski definition) is 1. The number of nitrogens with zero attached hydrogens (tertiary/aromatic N) is 1. The maximum atomic E-state index is 10.2. The van der Waals surface area contributed by atoms with Gasteiger partial charge in [0.1, 0.15) is 0 Å². The quantitative estimate of drug-likeness (QED) is 0.450. The number of rotatable bonds is 1. The fraction of sp³-hybridized carbons (Fsp3) is 0. The molecule has 1 aromatic heterocycles. The second kappa shape index (κ2) is 1.92. The highest BCUT2D eigenvalue weighted by atomic mass is 32.1. The molecule has 42 valence electrons. The van der Waals surface area contributed by atoms with Gasteiger partial charge < -0.3 is 12.8 Å². The minimum atomic E-state index is 0.361. The second-order valence-corrected chi connectivity index (χ2v) is 1.64. The molecule has 0 bridgehead atoms. The van der Waals surface area contributed by atoms with Crippen molar-refractivity contribution in [2.24, 2.45) is 0 Å². The van der Waals surface area contributed by atoms with Gasteiger partial charge in [0.2, 0.25) is 0 Å². The van der Waals surface area contributed by atoms with E-state index in [1.54, 1.807) is 18.3 Å². The van der Waals surface area contributed by atoms with Crippen molar-refractivity contribution in [1.29, 1.82) is 0 Å². The Morgan fingerprint density at radius 2 is 2.50 bits per heavy atom. The molecular weight excluding hydrogens is 124 g/mol. The molecule has 0 aliphatic heterocycles. The summed E-state index contributed by atoms with van der Waals surface area (Å²) in [5, 5.41) is 0. The first-order valence-corrected chi connectivity index (χ1v) is 2.45. The number of aromatic nitrogens is 1. The van der Waals surface area contributed by atoms with E-state index in [4.69, 9.17) is 0 Å². The zero-order valence-electron chi connectivity index (χ0n) is 4.00. The lowest BCUT2D eigenvalue weighted by Gasteiger charge is -1.89. The number of nitrogens with one attached hydrogen (secondary N) is 1. The third-order valence-corrected chi connectivity index (χ3v) is 0.975. The Morgan fingerprint density at radius 1 is 1.75 bits per heavy atom. The second-order valence-electron chi connectivity index (χ2n) is 1.31. The summed E-state index contributed by atoms with van der Waals surface area (Å²) < 4.78 is 0.361. The number of nitroso groups, excluding NO2 is 1. The first kappa shape index (κ1) is 5.24. The molecule has 0 saturated heterocycles. The van der Waals surface area contributed by atoms with E-state index in [9.17, 15) is 4.91 Å². The molecule has 8 heavy (non-hydrogen) atoms. The van der Waals surface area contributed by atoms with Gasteiger partial charge in [-0.3, -0.25) is 0 Å². The predicted molar refractivity (Wildman–Crippen MR) is 31.4 cm³/mol. The summed E-state index contributed by atoms with van der Waals surface area (Å²) in [5.41, 5.74) is 0. The van der Waals surface area contributed by atoms with Gasteiger partial charge in [0, 0.05) is 6.07 Å². The van der Waals surface area contributed by atoms with Crippen LogP contribution < -0.4 is 0 Å². The number of hydrogen-bond acceptors (Lipinski definition) is 2. The standard InChI is InChI=1S/C4H4N2OS/c7-6(8)4-2-1-3-5-4/h1-3,5H. The maximum absolute atomic E-state index is 10.2. The fourth-order valence-electron chi connectivity index (χ4n) is 0.434. The molecule has 1 rings (SSSR count). The van der Waals surface area contributed by atoms with Gasteiger partial charge in [0.15, 0.2) is 0 Å². The van der Waals surface area contributed by atoms with E-state index < -0.39 is 0 Å². The summed E-state index contributed by atoms with van der Waals surface area (Å²) in [4.78, 5) is 12.9. The highest BCUT2D eigenvalue weighted by molar-refractivity contribution is 7.51. The van der Waals surface area contributed by atoms with Gasteiger partial charge in [-0.1, -0.05) is 4.91 Å². The Bertz CT molecular complexity index is 182. The average molecular weight is 128 g/mol. The zero-order chi connectivity index (χ0) is 5.98. The van der Waals surface area contributed by atoms with E-state index in [1.807, 2.05) is 0 Å². The van der Waals surface area contributed by atoms with E-state index in [1.165, 1.54) is 0 Å². The molecule has 0 saturated carbocycles. The molecule has 0 spiro atoms. The van der Waals surface area contributed by atoms with Crippen LogP contribution in [-0.2, 0) is 12.8 Å². The van der Waals surface area contributed by atoms with Gasteiger partial charge in [-0.15, -0.1) is 4.17 Å². The Morgan fingerprint density at radius 3 is 2.75 bits per heavy atom. The van der Waals surface area contributed by atoms with Crippen molar-refractivity contribution in [1.82, 2.24) is 4.98 Å². The van der Waals surface area contributed by atoms with Crippen molar-refractivity contribution < 1.29 is 4.17 Å². The van der Waals surface area contributed by atoms with Crippen LogP contribution in [0.4, 0.5) is 5.82 Å². The molecule has 3 nitrogen and oxygen atoms in total. The van der Waals surface area contributed by atoms with Crippen LogP contribution >= 0.6 is 0 Å². The summed E-state index contributed by atoms with van der Waals surface area (Å²) >= 11 is 4.25. The van der Waals surface area contributed by atoms with Gasteiger partial charge in [0.25, 0.3) is 5.82 Å². The van der Waals surface area contributed by atoms with E-state index in [2.05, 4.69) is 17.8 Å². The fourth-order valence-corrected chi connectivity index (χ4v) is 0.548. The topological polar surface area (TPSA) is 35.9 Å². The zero-order valence-corrected chi connectivity index (χ0v) is 4.81. The molecule has 0 unspecified atom stereocenters. The summed E-state index contributed by atoms with van der Waals surface area (Å²) in [6, 6.07) is 3.33. The summed E-state index contributed by atoms with van der Waals surface area (Å²) in [6.07, 6.45) is 1.65. The van der Waals surface area contributed by atoms with Crippen LogP contribution in [0.1, 0.15) is 0 Å². The third kappa shape index (κ3) is 0.840. The molecule has 1 heterocycles. The van der Waals surface area contributed by atoms with Gasteiger partial charge in [-0.2, -0.15) is 0 Å². The van der Waals surface area contributed by atoms with E-state index in [0.717, 1.165) is 0 Å². The van der Waals surface area contributed by atoms with Crippen molar-refractivity contribution in [2.75, 3.05) is 0 Å². The molecule has 0 aromatic carbocycles. The van der Waals surface area contributed by atoms with Crippen LogP contribution in [0.15, 0.2) is 18.3 Å². The van der Waals surface area contributed by atoms with Crippen LogP contribution in [-0.4, -0.2) is 9.15 Å². The van der Waals surface area contributed by atoms with Crippen LogP contribution in [0, 0.1) is 4.91 Å². The van der Waals surface area contributed by atoms with Crippen molar-refractivity contribution in [2.45, 2.75) is 0 Å². The van der Waals surface area contributed by atoms with Gasteiger partial charge in [-0.05, 0) is 6.07 Å². The Labute approximate surface area is 51.8 Å². The third-order valence-electron chi connectivity index (χ3n) is 0.778. The lowest BCUT2D eigenvalue weighted by Crippen LogP contribution is -1.85. The molecule has 4 heteroatoms. The minimum Gasteiger partial charge on any atom is -0.503 e. The molecule has 1 aromatic rings. The SMILES string of the molecule is O=[N+]([S-])c1ccc[nH]1. The molecule has 0 atom stereocenters. The lowest BCUT2D eigenvalue weighted by molar-refractivity contribution is -0.267. The molecule has 1 N–H and O–H groups in total. The highest BCUT2D eigenvalue weighted by Crippen LogP contribution is 2.02. The highest BCUT2D eigenvalue weighted by Gasteiger charge is 1.94. The number of aromatic amines is 1. The van der Waals surface area contributed by atoms with Gasteiger partial charge >= 0.3 is 0 Å². The normalized spacial score (nSPS) is 9.00. The molecule has 0 fully saturated rings. The monoisotopic (exact) mass is 128 g/mol. The molecular formula is C4H4N2OS. The van der Waals surface area contributed by atoms with E-state index >= 15 is 0 Å². The Hall–Kier alpha value is -0.900. The van der Waals surface area contributed by atoms with Crippen molar-refractivity contribution in [3.05, 3.63) is 23.2 Å². The summed E-state index contributed by atoms with van der Waals surface area (Å²) in [6.45, 7) is 0. The first-order valence-electron chi connectivity index (χ1n) is 2.08. The Balaban J connectivity index is 2.93. The lowest BCUT2D eigenvalue weighted by atomic mass is 10.6. The molecule has 0 aliphatic carbocycles.